The molecule has 0 bridgehead atoms. The molecule has 1 aliphatic rings. The van der Waals surface area contributed by atoms with E-state index in [4.69, 9.17) is 4.74 Å². The van der Waals surface area contributed by atoms with Crippen LogP contribution < -0.4 is 0 Å². The first-order valence-corrected chi connectivity index (χ1v) is 18.0. The number of ether oxygens (including phenoxy) is 1. The summed E-state index contributed by atoms with van der Waals surface area (Å²) in [6.07, 6.45) is 33.8. The second-order valence-electron chi connectivity index (χ2n) is 12.9. The summed E-state index contributed by atoms with van der Waals surface area (Å²) in [7, 11) is 0. The summed E-state index contributed by atoms with van der Waals surface area (Å²) in [6, 6.07) is 0. The molecule has 3 N–H and O–H groups in total. The van der Waals surface area contributed by atoms with Crippen LogP contribution in [-0.4, -0.2) is 45.7 Å². The van der Waals surface area contributed by atoms with Gasteiger partial charge in [-0.15, -0.1) is 0 Å². The number of carbonyl (C=O) groups is 1. The number of hydrogen-bond donors (Lipinski definition) is 3. The van der Waals surface area contributed by atoms with E-state index in [2.05, 4.69) is 19.1 Å². The van der Waals surface area contributed by atoms with Gasteiger partial charge in [0.1, 0.15) is 6.10 Å². The fraction of sp³-hybridized carbons (Fsp3) is 0.865. The molecule has 42 heavy (non-hydrogen) atoms. The maximum atomic E-state index is 11.6. The van der Waals surface area contributed by atoms with E-state index in [-0.39, 0.29) is 18.2 Å². The zero-order valence-corrected chi connectivity index (χ0v) is 27.6. The molecule has 0 radical (unpaired) electrons. The molecule has 5 nitrogen and oxygen atoms in total. The number of rotatable bonds is 30. The average Bonchev–Trinajstić information content (AvgIpc) is 3.30. The van der Waals surface area contributed by atoms with Crippen LogP contribution in [0.5, 0.6) is 0 Å². The minimum atomic E-state index is -0.631. The van der Waals surface area contributed by atoms with E-state index in [1.165, 1.54) is 64.2 Å². The third-order valence-electron chi connectivity index (χ3n) is 8.73. The summed E-state index contributed by atoms with van der Waals surface area (Å²) in [5.74, 6) is -0.146. The molecule has 5 heteroatoms. The first-order chi connectivity index (χ1) is 20.4. The molecule has 0 aromatic carbocycles. The van der Waals surface area contributed by atoms with E-state index < -0.39 is 12.2 Å². The van der Waals surface area contributed by atoms with Crippen LogP contribution in [0.2, 0.25) is 0 Å². The van der Waals surface area contributed by atoms with Crippen molar-refractivity contribution in [3.05, 3.63) is 23.8 Å². The van der Waals surface area contributed by atoms with Gasteiger partial charge in [-0.05, 0) is 70.8 Å². The minimum Gasteiger partial charge on any atom is -0.455 e. The lowest BCUT2D eigenvalue weighted by atomic mass is 9.99. The molecule has 1 heterocycles. The monoisotopic (exact) mass is 593 g/mol. The molecule has 0 aromatic rings. The zero-order chi connectivity index (χ0) is 30.7. The SMILES string of the molecule is CCCCCCCCCCCC/C=C\CC[C@@H](O)[C@H](O)CCCCCCC(O)CCCCCCCC1=C[C@H](C)OC1=O. The highest BCUT2D eigenvalue weighted by Crippen LogP contribution is 2.20. The summed E-state index contributed by atoms with van der Waals surface area (Å²) >= 11 is 0. The number of aliphatic hydroxyl groups excluding tert-OH is 3. The second kappa shape index (κ2) is 27.4. The third-order valence-corrected chi connectivity index (χ3v) is 8.73. The third kappa shape index (κ3) is 22.4. The Balaban J connectivity index is 1.85. The number of cyclic esters (lactones) is 1. The van der Waals surface area contributed by atoms with Crippen LogP contribution in [0.4, 0.5) is 0 Å². The Morgan fingerprint density at radius 1 is 0.643 bits per heavy atom. The van der Waals surface area contributed by atoms with Crippen LogP contribution >= 0.6 is 0 Å². The van der Waals surface area contributed by atoms with Crippen molar-refractivity contribution in [1.29, 1.82) is 0 Å². The highest BCUT2D eigenvalue weighted by Gasteiger charge is 2.21. The van der Waals surface area contributed by atoms with E-state index in [9.17, 15) is 20.1 Å². The Morgan fingerprint density at radius 2 is 1.12 bits per heavy atom. The Morgan fingerprint density at radius 3 is 1.69 bits per heavy atom. The van der Waals surface area contributed by atoms with Crippen molar-refractivity contribution in [1.82, 2.24) is 0 Å². The Bertz CT molecular complexity index is 688. The Labute approximate surface area is 259 Å². The predicted octanol–water partition coefficient (Wildman–Crippen LogP) is 9.66. The highest BCUT2D eigenvalue weighted by atomic mass is 16.5. The van der Waals surface area contributed by atoms with Gasteiger partial charge in [0.05, 0.1) is 18.3 Å². The number of hydrogen-bond acceptors (Lipinski definition) is 5. The van der Waals surface area contributed by atoms with Crippen LogP contribution in [0.25, 0.3) is 0 Å². The van der Waals surface area contributed by atoms with E-state index >= 15 is 0 Å². The predicted molar refractivity (Wildman–Crippen MR) is 177 cm³/mol. The topological polar surface area (TPSA) is 87.0 Å². The van der Waals surface area contributed by atoms with Crippen molar-refractivity contribution in [3.63, 3.8) is 0 Å². The normalized spacial score (nSPS) is 17.5. The lowest BCUT2D eigenvalue weighted by molar-refractivity contribution is -0.139. The molecule has 1 aliphatic heterocycles. The fourth-order valence-corrected chi connectivity index (χ4v) is 5.91. The molecule has 0 saturated carbocycles. The van der Waals surface area contributed by atoms with E-state index in [0.29, 0.717) is 12.8 Å². The smallest absolute Gasteiger partial charge is 0.334 e. The summed E-state index contributed by atoms with van der Waals surface area (Å²) < 4.78 is 5.13. The maximum absolute atomic E-state index is 11.6. The molecule has 1 unspecified atom stereocenters. The van der Waals surface area contributed by atoms with E-state index in [0.717, 1.165) is 95.5 Å². The van der Waals surface area contributed by atoms with Gasteiger partial charge in [-0.1, -0.05) is 128 Å². The first-order valence-electron chi connectivity index (χ1n) is 18.0. The Kier molecular flexibility index (Phi) is 25.3. The quantitative estimate of drug-likeness (QED) is 0.0439. The molecule has 4 atom stereocenters. The van der Waals surface area contributed by atoms with Crippen LogP contribution in [0, 0.1) is 0 Å². The van der Waals surface area contributed by atoms with E-state index in [1.54, 1.807) is 0 Å². The Hall–Kier alpha value is -1.17. The van der Waals surface area contributed by atoms with Gasteiger partial charge in [-0.2, -0.15) is 0 Å². The van der Waals surface area contributed by atoms with Gasteiger partial charge < -0.3 is 20.1 Å². The van der Waals surface area contributed by atoms with Crippen molar-refractivity contribution in [2.45, 2.75) is 205 Å². The molecule has 0 fully saturated rings. The minimum absolute atomic E-state index is 0.0696. The van der Waals surface area contributed by atoms with Gasteiger partial charge in [0, 0.05) is 5.57 Å². The lowest BCUT2D eigenvalue weighted by Crippen LogP contribution is -2.25. The van der Waals surface area contributed by atoms with Crippen molar-refractivity contribution in [2.24, 2.45) is 0 Å². The molecular formula is C37H68O5. The number of esters is 1. The van der Waals surface area contributed by atoms with Crippen LogP contribution in [-0.2, 0) is 9.53 Å². The van der Waals surface area contributed by atoms with Gasteiger partial charge in [-0.3, -0.25) is 0 Å². The molecule has 0 aliphatic carbocycles. The van der Waals surface area contributed by atoms with Crippen LogP contribution in [0.1, 0.15) is 181 Å². The first kappa shape index (κ1) is 38.9. The average molecular weight is 593 g/mol. The second-order valence-corrected chi connectivity index (χ2v) is 12.9. The van der Waals surface area contributed by atoms with Gasteiger partial charge in [-0.25, -0.2) is 4.79 Å². The summed E-state index contributed by atoms with van der Waals surface area (Å²) in [5.41, 5.74) is 0.834. The lowest BCUT2D eigenvalue weighted by Gasteiger charge is -2.17. The summed E-state index contributed by atoms with van der Waals surface area (Å²) in [4.78, 5) is 11.6. The van der Waals surface area contributed by atoms with Crippen LogP contribution in [0.15, 0.2) is 23.8 Å². The zero-order valence-electron chi connectivity index (χ0n) is 27.6. The van der Waals surface area contributed by atoms with Crippen molar-refractivity contribution in [2.75, 3.05) is 0 Å². The van der Waals surface area contributed by atoms with Gasteiger partial charge in [0.15, 0.2) is 0 Å². The molecule has 1 rings (SSSR count). The standard InChI is InChI=1S/C37H68O5/c1-3-4-5-6-7-8-9-10-11-12-13-14-18-24-29-35(39)36(40)30-25-20-19-23-28-34(38)27-22-17-15-16-21-26-33-31-32(2)42-37(33)41/h14,18,31-32,34-36,38-40H,3-13,15-17,19-30H2,1-2H3/b18-14-/t32-,34?,35+,36+/m0/s1. The molecular weight excluding hydrogens is 524 g/mol. The molecule has 0 saturated heterocycles. The summed E-state index contributed by atoms with van der Waals surface area (Å²) in [5, 5.41) is 30.8. The van der Waals surface area contributed by atoms with Crippen molar-refractivity contribution in [3.8, 4) is 0 Å². The molecule has 246 valence electrons. The number of carbonyl (C=O) groups excluding carboxylic acids is 1. The summed E-state index contributed by atoms with van der Waals surface area (Å²) in [6.45, 7) is 4.17. The maximum Gasteiger partial charge on any atom is 0.334 e. The highest BCUT2D eigenvalue weighted by molar-refractivity contribution is 5.90. The number of unbranched alkanes of at least 4 members (excludes halogenated alkanes) is 17. The fourth-order valence-electron chi connectivity index (χ4n) is 5.91. The van der Waals surface area contributed by atoms with Crippen molar-refractivity contribution >= 4 is 5.97 Å². The number of aliphatic hydroxyl groups is 3. The molecule has 0 aromatic heterocycles. The molecule has 0 amide bonds. The van der Waals surface area contributed by atoms with Crippen molar-refractivity contribution < 1.29 is 24.9 Å². The largest absolute Gasteiger partial charge is 0.455 e. The van der Waals surface area contributed by atoms with Gasteiger partial charge >= 0.3 is 5.97 Å². The van der Waals surface area contributed by atoms with Crippen LogP contribution in [0.3, 0.4) is 0 Å². The molecule has 0 spiro atoms. The van der Waals surface area contributed by atoms with Gasteiger partial charge in [0.25, 0.3) is 0 Å². The number of allylic oxidation sites excluding steroid dienone is 2. The van der Waals surface area contributed by atoms with E-state index in [1.807, 2.05) is 13.0 Å². The van der Waals surface area contributed by atoms with Gasteiger partial charge in [0.2, 0.25) is 0 Å².